The molecular weight excluding hydrogens is 375 g/mol. The van der Waals surface area contributed by atoms with Gasteiger partial charge in [0.25, 0.3) is 0 Å². The average molecular weight is 399 g/mol. The number of halogens is 1. The number of anilines is 2. The molecule has 0 aliphatic heterocycles. The van der Waals surface area contributed by atoms with E-state index in [-0.39, 0.29) is 11.6 Å². The molecule has 3 rings (SSSR count). The van der Waals surface area contributed by atoms with E-state index in [0.29, 0.717) is 30.6 Å². The first-order chi connectivity index (χ1) is 13.5. The van der Waals surface area contributed by atoms with Gasteiger partial charge in [0.2, 0.25) is 10.0 Å². The fourth-order valence-corrected chi connectivity index (χ4v) is 3.93. The summed E-state index contributed by atoms with van der Waals surface area (Å²) in [7, 11) is -3.42. The van der Waals surface area contributed by atoms with E-state index in [2.05, 4.69) is 10.0 Å². The van der Waals surface area contributed by atoms with Crippen LogP contribution < -0.4 is 10.0 Å². The number of hydrogen-bond acceptors (Lipinski definition) is 3. The number of rotatable bonds is 9. The Hall–Kier alpha value is -2.86. The topological polar surface area (TPSA) is 58.2 Å². The fraction of sp³-hybridized carbons (Fsp3) is 0.182. The van der Waals surface area contributed by atoms with E-state index in [1.54, 1.807) is 36.4 Å². The number of sulfonamides is 1. The van der Waals surface area contributed by atoms with Crippen LogP contribution in [0, 0.1) is 5.82 Å². The van der Waals surface area contributed by atoms with Gasteiger partial charge in [0, 0.05) is 17.9 Å². The van der Waals surface area contributed by atoms with Gasteiger partial charge >= 0.3 is 0 Å². The summed E-state index contributed by atoms with van der Waals surface area (Å²) in [4.78, 5) is 0. The Kier molecular flexibility index (Phi) is 6.66. The van der Waals surface area contributed by atoms with Gasteiger partial charge in [0.15, 0.2) is 0 Å². The van der Waals surface area contributed by atoms with Gasteiger partial charge in [0.05, 0.1) is 5.75 Å². The van der Waals surface area contributed by atoms with E-state index in [4.69, 9.17) is 0 Å². The molecule has 0 radical (unpaired) electrons. The largest absolute Gasteiger partial charge is 0.385 e. The van der Waals surface area contributed by atoms with Crippen molar-refractivity contribution in [3.63, 3.8) is 0 Å². The Morgan fingerprint density at radius 2 is 1.39 bits per heavy atom. The molecule has 0 saturated heterocycles. The quantitative estimate of drug-likeness (QED) is 0.559. The lowest BCUT2D eigenvalue weighted by atomic mass is 10.1. The maximum Gasteiger partial charge on any atom is 0.233 e. The van der Waals surface area contributed by atoms with Gasteiger partial charge < -0.3 is 5.32 Å². The highest BCUT2D eigenvalue weighted by molar-refractivity contribution is 7.92. The zero-order chi connectivity index (χ0) is 19.8. The van der Waals surface area contributed by atoms with Gasteiger partial charge in [-0.3, -0.25) is 4.72 Å². The molecular formula is C22H23FN2O2S. The molecule has 6 heteroatoms. The highest BCUT2D eigenvalue weighted by Crippen LogP contribution is 2.16. The Morgan fingerprint density at radius 1 is 0.750 bits per heavy atom. The van der Waals surface area contributed by atoms with Gasteiger partial charge in [-0.25, -0.2) is 12.8 Å². The van der Waals surface area contributed by atoms with Crippen LogP contribution in [0.5, 0.6) is 0 Å². The van der Waals surface area contributed by atoms with Crippen molar-refractivity contribution < 1.29 is 12.8 Å². The Morgan fingerprint density at radius 3 is 2.11 bits per heavy atom. The van der Waals surface area contributed by atoms with Crippen molar-refractivity contribution >= 4 is 21.4 Å². The van der Waals surface area contributed by atoms with E-state index >= 15 is 0 Å². The van der Waals surface area contributed by atoms with Crippen molar-refractivity contribution in [1.82, 2.24) is 0 Å². The lowest BCUT2D eigenvalue weighted by molar-refractivity contribution is 0.600. The summed E-state index contributed by atoms with van der Waals surface area (Å²) in [6.07, 6.45) is 1.03. The molecule has 0 fully saturated rings. The second-order valence-electron chi connectivity index (χ2n) is 6.50. The van der Waals surface area contributed by atoms with Gasteiger partial charge in [-0.2, -0.15) is 0 Å². The normalized spacial score (nSPS) is 11.2. The second kappa shape index (κ2) is 9.37. The molecule has 2 N–H and O–H groups in total. The van der Waals surface area contributed by atoms with Crippen LogP contribution in [0.15, 0.2) is 78.9 Å². The molecule has 0 unspecified atom stereocenters. The zero-order valence-electron chi connectivity index (χ0n) is 15.4. The lowest BCUT2D eigenvalue weighted by Crippen LogP contribution is -2.18. The predicted octanol–water partition coefficient (Wildman–Crippen LogP) is 4.46. The van der Waals surface area contributed by atoms with Crippen LogP contribution in [0.4, 0.5) is 15.8 Å². The fourth-order valence-electron chi connectivity index (χ4n) is 2.83. The smallest absolute Gasteiger partial charge is 0.233 e. The highest BCUT2D eigenvalue weighted by Gasteiger charge is 2.10. The molecule has 4 nitrogen and oxygen atoms in total. The van der Waals surface area contributed by atoms with E-state index < -0.39 is 10.0 Å². The molecule has 0 spiro atoms. The Bertz CT molecular complexity index is 991. The first-order valence-electron chi connectivity index (χ1n) is 9.14. The summed E-state index contributed by atoms with van der Waals surface area (Å²) in [5.74, 6) is -0.177. The minimum Gasteiger partial charge on any atom is -0.385 e. The number of benzene rings is 3. The molecule has 28 heavy (non-hydrogen) atoms. The van der Waals surface area contributed by atoms with Crippen molar-refractivity contribution in [2.75, 3.05) is 22.3 Å². The molecule has 0 amide bonds. The first kappa shape index (κ1) is 19.9. The van der Waals surface area contributed by atoms with E-state index in [1.807, 2.05) is 36.4 Å². The van der Waals surface area contributed by atoms with Gasteiger partial charge in [-0.05, 0) is 54.3 Å². The third-order valence-electron chi connectivity index (χ3n) is 4.34. The van der Waals surface area contributed by atoms with Crippen molar-refractivity contribution in [2.24, 2.45) is 0 Å². The van der Waals surface area contributed by atoms with Crippen LogP contribution >= 0.6 is 0 Å². The predicted molar refractivity (Wildman–Crippen MR) is 113 cm³/mol. The van der Waals surface area contributed by atoms with Gasteiger partial charge in [-0.1, -0.05) is 48.5 Å². The summed E-state index contributed by atoms with van der Waals surface area (Å²) in [6, 6.07) is 23.3. The summed E-state index contributed by atoms with van der Waals surface area (Å²) in [6.45, 7) is 0.586. The zero-order valence-corrected chi connectivity index (χ0v) is 16.3. The monoisotopic (exact) mass is 398 g/mol. The maximum absolute atomic E-state index is 13.6. The minimum atomic E-state index is -3.42. The number of aryl methyl sites for hydroxylation is 1. The SMILES string of the molecule is O=S(=O)(CCc1ccccc1)Nc1ccc(NCCc2ccccc2F)cc1. The average Bonchev–Trinajstić information content (AvgIpc) is 2.70. The van der Waals surface area contributed by atoms with E-state index in [0.717, 1.165) is 11.3 Å². The Balaban J connectivity index is 1.49. The van der Waals surface area contributed by atoms with E-state index in [1.165, 1.54) is 6.07 Å². The lowest BCUT2D eigenvalue weighted by Gasteiger charge is -2.10. The molecule has 0 aliphatic carbocycles. The number of nitrogens with one attached hydrogen (secondary N) is 2. The van der Waals surface area contributed by atoms with Crippen molar-refractivity contribution in [3.05, 3.63) is 95.8 Å². The third-order valence-corrected chi connectivity index (χ3v) is 5.63. The van der Waals surface area contributed by atoms with Crippen molar-refractivity contribution in [3.8, 4) is 0 Å². The van der Waals surface area contributed by atoms with Crippen molar-refractivity contribution in [2.45, 2.75) is 12.8 Å². The maximum atomic E-state index is 13.6. The Labute approximate surface area is 165 Å². The molecule has 0 aromatic heterocycles. The number of hydrogen-bond donors (Lipinski definition) is 2. The molecule has 0 atom stereocenters. The second-order valence-corrected chi connectivity index (χ2v) is 8.34. The molecule has 0 aliphatic rings. The molecule has 3 aromatic rings. The van der Waals surface area contributed by atoms with Crippen molar-refractivity contribution in [1.29, 1.82) is 0 Å². The first-order valence-corrected chi connectivity index (χ1v) is 10.8. The molecule has 3 aromatic carbocycles. The molecule has 0 bridgehead atoms. The molecule has 0 saturated carbocycles. The third kappa shape index (κ3) is 6.09. The van der Waals surface area contributed by atoms with Crippen LogP contribution in [0.3, 0.4) is 0 Å². The summed E-state index contributed by atoms with van der Waals surface area (Å²) in [5.41, 5.74) is 3.02. The standard InChI is InChI=1S/C22H23FN2O2S/c23-22-9-5-4-8-19(22)14-16-24-20-10-12-21(13-11-20)25-28(26,27)17-15-18-6-2-1-3-7-18/h1-13,24-25H,14-17H2. The van der Waals surface area contributed by atoms with Crippen LogP contribution in [0.2, 0.25) is 0 Å². The van der Waals surface area contributed by atoms with E-state index in [9.17, 15) is 12.8 Å². The summed E-state index contributed by atoms with van der Waals surface area (Å²) in [5, 5.41) is 3.21. The minimum absolute atomic E-state index is 0.0274. The highest BCUT2D eigenvalue weighted by atomic mass is 32.2. The molecule has 146 valence electrons. The summed E-state index contributed by atoms with van der Waals surface area (Å²) >= 11 is 0. The van der Waals surface area contributed by atoms with Gasteiger partial charge in [-0.15, -0.1) is 0 Å². The van der Waals surface area contributed by atoms with Crippen LogP contribution in [-0.4, -0.2) is 20.7 Å². The van der Waals surface area contributed by atoms with Crippen LogP contribution in [0.1, 0.15) is 11.1 Å². The van der Waals surface area contributed by atoms with Crippen LogP contribution in [-0.2, 0) is 22.9 Å². The molecule has 0 heterocycles. The summed E-state index contributed by atoms with van der Waals surface area (Å²) < 4.78 is 40.7. The van der Waals surface area contributed by atoms with Gasteiger partial charge in [0.1, 0.15) is 5.82 Å². The van der Waals surface area contributed by atoms with Crippen LogP contribution in [0.25, 0.3) is 0 Å².